The molecule has 0 amide bonds. The molecular weight excluding hydrogens is 324 g/mol. The van der Waals surface area contributed by atoms with Gasteiger partial charge in [0.15, 0.2) is 0 Å². The van der Waals surface area contributed by atoms with Crippen molar-refractivity contribution in [2.24, 2.45) is 5.92 Å². The number of aromatic nitrogens is 4. The lowest BCUT2D eigenvalue weighted by molar-refractivity contribution is -0.119. The van der Waals surface area contributed by atoms with Crippen molar-refractivity contribution in [1.82, 2.24) is 19.7 Å². The Hall–Kier alpha value is -2.04. The molecule has 26 heavy (non-hydrogen) atoms. The van der Waals surface area contributed by atoms with Crippen LogP contribution in [0.15, 0.2) is 18.3 Å². The van der Waals surface area contributed by atoms with Gasteiger partial charge in [-0.3, -0.25) is 9.78 Å². The van der Waals surface area contributed by atoms with Gasteiger partial charge in [-0.25, -0.2) is 0 Å². The third-order valence-corrected chi connectivity index (χ3v) is 5.08. The number of nitrogens with zero attached hydrogens (tertiary/aromatic N) is 4. The Bertz CT molecular complexity index is 746. The molecule has 0 bridgehead atoms. The van der Waals surface area contributed by atoms with E-state index in [4.69, 9.17) is 0 Å². The number of Topliss-reactive ketones (excluding diaryl/α,β-unsaturated/α-hetero) is 1. The van der Waals surface area contributed by atoms with E-state index in [1.807, 2.05) is 19.1 Å². The predicted octanol–water partition coefficient (Wildman–Crippen LogP) is 4.04. The number of hydrogen-bond acceptors (Lipinski definition) is 4. The minimum absolute atomic E-state index is 0.282. The highest BCUT2D eigenvalue weighted by Gasteiger charge is 2.29. The van der Waals surface area contributed by atoms with Crippen LogP contribution < -0.4 is 0 Å². The first-order valence-electron chi connectivity index (χ1n) is 9.89. The van der Waals surface area contributed by atoms with Crippen LogP contribution >= 0.6 is 0 Å². The summed E-state index contributed by atoms with van der Waals surface area (Å²) in [6.45, 7) is 6.52. The Morgan fingerprint density at radius 1 is 1.15 bits per heavy atom. The molecule has 0 aromatic carbocycles. The van der Waals surface area contributed by atoms with E-state index in [1.54, 1.807) is 6.20 Å². The number of carbonyl (C=O) groups is 1. The summed E-state index contributed by atoms with van der Waals surface area (Å²) in [7, 11) is 0. The van der Waals surface area contributed by atoms with E-state index in [1.165, 1.54) is 12.8 Å². The molecule has 1 fully saturated rings. The molecule has 0 atom stereocenters. The molecule has 5 heteroatoms. The fourth-order valence-electron chi connectivity index (χ4n) is 3.29. The SMILES string of the molecule is Cc1cccnc1CCC(=O)CCc1nnc(CCC(C)C)n1C1CC1. The topological polar surface area (TPSA) is 60.7 Å². The van der Waals surface area contributed by atoms with E-state index in [9.17, 15) is 4.79 Å². The number of carbonyl (C=O) groups excluding carboxylic acids is 1. The van der Waals surface area contributed by atoms with Gasteiger partial charge in [0.25, 0.3) is 0 Å². The largest absolute Gasteiger partial charge is 0.312 e. The van der Waals surface area contributed by atoms with E-state index < -0.39 is 0 Å². The summed E-state index contributed by atoms with van der Waals surface area (Å²) in [4.78, 5) is 16.7. The highest BCUT2D eigenvalue weighted by molar-refractivity contribution is 5.78. The standard InChI is InChI=1S/C21H30N4O/c1-15(2)6-12-20-23-24-21(25(20)17-7-8-17)13-10-18(26)9-11-19-16(3)5-4-14-22-19/h4-5,14-15,17H,6-13H2,1-3H3. The van der Waals surface area contributed by atoms with Crippen LogP contribution in [0.4, 0.5) is 0 Å². The molecule has 1 saturated carbocycles. The molecule has 1 aliphatic rings. The zero-order valence-corrected chi connectivity index (χ0v) is 16.2. The summed E-state index contributed by atoms with van der Waals surface area (Å²) in [5, 5.41) is 8.83. The van der Waals surface area contributed by atoms with E-state index >= 15 is 0 Å². The number of aryl methyl sites for hydroxylation is 4. The van der Waals surface area contributed by atoms with E-state index in [-0.39, 0.29) is 5.78 Å². The Kier molecular flexibility index (Phi) is 6.17. The lowest BCUT2D eigenvalue weighted by atomic mass is 10.1. The lowest BCUT2D eigenvalue weighted by Crippen LogP contribution is -2.10. The average molecular weight is 354 g/mol. The summed E-state index contributed by atoms with van der Waals surface area (Å²) in [6, 6.07) is 4.54. The second-order valence-corrected chi connectivity index (χ2v) is 7.87. The first-order chi connectivity index (χ1) is 12.5. The van der Waals surface area contributed by atoms with Crippen LogP contribution in [0.5, 0.6) is 0 Å². The zero-order valence-electron chi connectivity index (χ0n) is 16.2. The summed E-state index contributed by atoms with van der Waals surface area (Å²) in [6.07, 6.45) is 8.85. The van der Waals surface area contributed by atoms with Crippen LogP contribution in [-0.4, -0.2) is 25.5 Å². The van der Waals surface area contributed by atoms with Gasteiger partial charge < -0.3 is 4.57 Å². The first kappa shape index (κ1) is 18.7. The van der Waals surface area contributed by atoms with Crippen molar-refractivity contribution in [3.05, 3.63) is 41.2 Å². The molecule has 3 rings (SSSR count). The van der Waals surface area contributed by atoms with Crippen molar-refractivity contribution >= 4 is 5.78 Å². The summed E-state index contributed by atoms with van der Waals surface area (Å²) >= 11 is 0. The van der Waals surface area contributed by atoms with Gasteiger partial charge in [-0.15, -0.1) is 10.2 Å². The smallest absolute Gasteiger partial charge is 0.133 e. The van der Waals surface area contributed by atoms with Crippen LogP contribution in [0.3, 0.4) is 0 Å². The molecule has 0 unspecified atom stereocenters. The van der Waals surface area contributed by atoms with Crippen molar-refractivity contribution < 1.29 is 4.79 Å². The molecular formula is C21H30N4O. The van der Waals surface area contributed by atoms with Crippen molar-refractivity contribution in [3.63, 3.8) is 0 Å². The molecule has 5 nitrogen and oxygen atoms in total. The predicted molar refractivity (Wildman–Crippen MR) is 102 cm³/mol. The van der Waals surface area contributed by atoms with Crippen molar-refractivity contribution in [3.8, 4) is 0 Å². The zero-order chi connectivity index (χ0) is 18.5. The van der Waals surface area contributed by atoms with E-state index in [0.29, 0.717) is 31.2 Å². The highest BCUT2D eigenvalue weighted by Crippen LogP contribution is 2.37. The van der Waals surface area contributed by atoms with Gasteiger partial charge in [-0.1, -0.05) is 19.9 Å². The Morgan fingerprint density at radius 2 is 1.85 bits per heavy atom. The maximum atomic E-state index is 12.3. The average Bonchev–Trinajstić information content (AvgIpc) is 3.37. The minimum Gasteiger partial charge on any atom is -0.312 e. The fourth-order valence-corrected chi connectivity index (χ4v) is 3.29. The molecule has 2 heterocycles. The first-order valence-corrected chi connectivity index (χ1v) is 9.89. The molecule has 2 aromatic heterocycles. The third-order valence-electron chi connectivity index (χ3n) is 5.08. The molecule has 0 radical (unpaired) electrons. The monoisotopic (exact) mass is 354 g/mol. The normalized spacial score (nSPS) is 14.2. The van der Waals surface area contributed by atoms with Crippen LogP contribution in [0, 0.1) is 12.8 Å². The molecule has 0 spiro atoms. The highest BCUT2D eigenvalue weighted by atomic mass is 16.1. The molecule has 0 saturated heterocycles. The molecule has 0 N–H and O–H groups in total. The molecule has 2 aromatic rings. The number of pyridine rings is 1. The number of hydrogen-bond donors (Lipinski definition) is 0. The van der Waals surface area contributed by atoms with Gasteiger partial charge in [-0.05, 0) is 50.2 Å². The summed E-state index contributed by atoms with van der Waals surface area (Å²) < 4.78 is 2.32. The second-order valence-electron chi connectivity index (χ2n) is 7.87. The van der Waals surface area contributed by atoms with Crippen LogP contribution in [0.1, 0.15) is 74.9 Å². The quantitative estimate of drug-likeness (QED) is 0.646. The van der Waals surface area contributed by atoms with Crippen molar-refractivity contribution in [1.29, 1.82) is 0 Å². The van der Waals surface area contributed by atoms with Gasteiger partial charge >= 0.3 is 0 Å². The van der Waals surface area contributed by atoms with Gasteiger partial charge in [0.05, 0.1) is 0 Å². The van der Waals surface area contributed by atoms with Crippen molar-refractivity contribution in [2.45, 2.75) is 78.2 Å². The third kappa shape index (κ3) is 4.99. The summed E-state index contributed by atoms with van der Waals surface area (Å²) in [5.74, 6) is 3.05. The maximum absolute atomic E-state index is 12.3. The number of rotatable bonds is 10. The van der Waals surface area contributed by atoms with Gasteiger partial charge in [0, 0.05) is 43.6 Å². The van der Waals surface area contributed by atoms with E-state index in [0.717, 1.165) is 42.2 Å². The van der Waals surface area contributed by atoms with Crippen LogP contribution in [0.25, 0.3) is 0 Å². The van der Waals surface area contributed by atoms with Crippen LogP contribution in [-0.2, 0) is 24.1 Å². The fraction of sp³-hybridized carbons (Fsp3) is 0.619. The van der Waals surface area contributed by atoms with Gasteiger partial charge in [0.1, 0.15) is 17.4 Å². The van der Waals surface area contributed by atoms with Gasteiger partial charge in [-0.2, -0.15) is 0 Å². The number of ketones is 1. The Labute approximate surface area is 156 Å². The lowest BCUT2D eigenvalue weighted by Gasteiger charge is -2.10. The van der Waals surface area contributed by atoms with Crippen LogP contribution in [0.2, 0.25) is 0 Å². The second kappa shape index (κ2) is 8.56. The molecule has 0 aliphatic heterocycles. The minimum atomic E-state index is 0.282. The molecule has 1 aliphatic carbocycles. The Balaban J connectivity index is 1.54. The Morgan fingerprint density at radius 3 is 2.50 bits per heavy atom. The van der Waals surface area contributed by atoms with Gasteiger partial charge in [0.2, 0.25) is 0 Å². The molecule has 140 valence electrons. The maximum Gasteiger partial charge on any atom is 0.133 e. The van der Waals surface area contributed by atoms with Crippen molar-refractivity contribution in [2.75, 3.05) is 0 Å². The summed E-state index contributed by atoms with van der Waals surface area (Å²) in [5.41, 5.74) is 2.18. The van der Waals surface area contributed by atoms with E-state index in [2.05, 4.69) is 33.6 Å².